The maximum atomic E-state index is 14.2. The zero-order valence-corrected chi connectivity index (χ0v) is 11.4. The standard InChI is InChI=1S/C13H22FNO3/c1-12(2,3)18-11(16)15-7-6-13(10(14)9-15)5-4-8-17-13/h10H,4-9H2,1-3H3. The molecule has 2 heterocycles. The Morgan fingerprint density at radius 3 is 2.67 bits per heavy atom. The average Bonchev–Trinajstić information content (AvgIpc) is 2.69. The molecule has 0 N–H and O–H groups in total. The number of likely N-dealkylation sites (tertiary alicyclic amines) is 1. The highest BCUT2D eigenvalue weighted by Crippen LogP contribution is 2.37. The first kappa shape index (κ1) is 13.6. The van der Waals surface area contributed by atoms with Crippen molar-refractivity contribution in [1.82, 2.24) is 4.90 Å². The molecule has 2 saturated heterocycles. The third-order valence-electron chi connectivity index (χ3n) is 3.54. The van der Waals surface area contributed by atoms with Crippen LogP contribution >= 0.6 is 0 Å². The number of piperidine rings is 1. The van der Waals surface area contributed by atoms with Crippen molar-refractivity contribution >= 4 is 6.09 Å². The fourth-order valence-electron chi connectivity index (χ4n) is 2.59. The molecule has 0 aliphatic carbocycles. The molecular formula is C13H22FNO3. The molecular weight excluding hydrogens is 237 g/mol. The highest BCUT2D eigenvalue weighted by molar-refractivity contribution is 5.68. The summed E-state index contributed by atoms with van der Waals surface area (Å²) in [5.74, 6) is 0. The third-order valence-corrected chi connectivity index (χ3v) is 3.54. The van der Waals surface area contributed by atoms with E-state index in [1.807, 2.05) is 20.8 Å². The number of amides is 1. The molecule has 0 radical (unpaired) electrons. The van der Waals surface area contributed by atoms with Gasteiger partial charge < -0.3 is 14.4 Å². The first-order chi connectivity index (χ1) is 8.32. The monoisotopic (exact) mass is 259 g/mol. The van der Waals surface area contributed by atoms with Gasteiger partial charge in [-0.05, 0) is 40.0 Å². The van der Waals surface area contributed by atoms with Crippen LogP contribution in [-0.2, 0) is 9.47 Å². The largest absolute Gasteiger partial charge is 0.444 e. The highest BCUT2D eigenvalue weighted by atomic mass is 19.1. The number of hydrogen-bond acceptors (Lipinski definition) is 3. The van der Waals surface area contributed by atoms with Crippen LogP contribution in [0.5, 0.6) is 0 Å². The van der Waals surface area contributed by atoms with Crippen molar-refractivity contribution in [3.63, 3.8) is 0 Å². The number of rotatable bonds is 0. The van der Waals surface area contributed by atoms with Crippen LogP contribution in [0.2, 0.25) is 0 Å². The molecule has 4 nitrogen and oxygen atoms in total. The zero-order valence-electron chi connectivity index (χ0n) is 11.4. The summed E-state index contributed by atoms with van der Waals surface area (Å²) in [5.41, 5.74) is -1.18. The van der Waals surface area contributed by atoms with E-state index >= 15 is 0 Å². The molecule has 5 heteroatoms. The van der Waals surface area contributed by atoms with Crippen LogP contribution < -0.4 is 0 Å². The third kappa shape index (κ3) is 2.76. The molecule has 0 aromatic heterocycles. The Labute approximate surface area is 107 Å². The molecule has 2 aliphatic rings. The summed E-state index contributed by atoms with van der Waals surface area (Å²) in [6, 6.07) is 0. The van der Waals surface area contributed by atoms with Crippen molar-refractivity contribution in [3.8, 4) is 0 Å². The van der Waals surface area contributed by atoms with E-state index in [0.29, 0.717) is 19.6 Å². The molecule has 2 aliphatic heterocycles. The first-order valence-electron chi connectivity index (χ1n) is 6.58. The van der Waals surface area contributed by atoms with Gasteiger partial charge in [0, 0.05) is 13.2 Å². The van der Waals surface area contributed by atoms with Gasteiger partial charge in [0.25, 0.3) is 0 Å². The molecule has 104 valence electrons. The Balaban J connectivity index is 1.94. The van der Waals surface area contributed by atoms with Gasteiger partial charge in [0.15, 0.2) is 0 Å². The second-order valence-corrected chi connectivity index (χ2v) is 6.16. The van der Waals surface area contributed by atoms with Gasteiger partial charge in [0.1, 0.15) is 17.4 Å². The minimum Gasteiger partial charge on any atom is -0.444 e. The summed E-state index contributed by atoms with van der Waals surface area (Å²) < 4.78 is 25.0. The van der Waals surface area contributed by atoms with Gasteiger partial charge in [-0.3, -0.25) is 0 Å². The van der Waals surface area contributed by atoms with Crippen molar-refractivity contribution < 1.29 is 18.7 Å². The predicted molar refractivity (Wildman–Crippen MR) is 65.2 cm³/mol. The van der Waals surface area contributed by atoms with Gasteiger partial charge in [0.05, 0.1) is 6.54 Å². The number of halogens is 1. The highest BCUT2D eigenvalue weighted by Gasteiger charge is 2.48. The summed E-state index contributed by atoms with van der Waals surface area (Å²) in [6.45, 7) is 6.65. The Hall–Kier alpha value is -0.840. The summed E-state index contributed by atoms with van der Waals surface area (Å²) in [7, 11) is 0. The van der Waals surface area contributed by atoms with Gasteiger partial charge in [-0.25, -0.2) is 9.18 Å². The quantitative estimate of drug-likeness (QED) is 0.671. The summed E-state index contributed by atoms with van der Waals surface area (Å²) >= 11 is 0. The van der Waals surface area contributed by atoms with Crippen LogP contribution in [0.1, 0.15) is 40.0 Å². The summed E-state index contributed by atoms with van der Waals surface area (Å²) in [5, 5.41) is 0. The van der Waals surface area contributed by atoms with E-state index in [0.717, 1.165) is 12.8 Å². The molecule has 2 atom stereocenters. The molecule has 2 fully saturated rings. The van der Waals surface area contributed by atoms with Crippen molar-refractivity contribution in [2.24, 2.45) is 0 Å². The van der Waals surface area contributed by atoms with Gasteiger partial charge in [-0.15, -0.1) is 0 Å². The summed E-state index contributed by atoms with van der Waals surface area (Å²) in [4.78, 5) is 13.3. The lowest BCUT2D eigenvalue weighted by Crippen LogP contribution is -2.55. The van der Waals surface area contributed by atoms with Crippen molar-refractivity contribution in [2.45, 2.75) is 57.4 Å². The second-order valence-electron chi connectivity index (χ2n) is 6.16. The van der Waals surface area contributed by atoms with Gasteiger partial charge >= 0.3 is 6.09 Å². The van der Waals surface area contributed by atoms with Crippen LogP contribution in [0, 0.1) is 0 Å². The Bertz CT molecular complexity index is 321. The molecule has 0 aromatic rings. The number of ether oxygens (including phenoxy) is 2. The fourth-order valence-corrected chi connectivity index (χ4v) is 2.59. The molecule has 2 unspecified atom stereocenters. The Kier molecular flexibility index (Phi) is 3.54. The average molecular weight is 259 g/mol. The first-order valence-corrected chi connectivity index (χ1v) is 6.58. The summed E-state index contributed by atoms with van der Waals surface area (Å²) in [6.07, 6.45) is 0.690. The van der Waals surface area contributed by atoms with Crippen LogP contribution in [-0.4, -0.2) is 48.1 Å². The molecule has 0 bridgehead atoms. The smallest absolute Gasteiger partial charge is 0.410 e. The molecule has 2 rings (SSSR count). The van der Waals surface area contributed by atoms with E-state index < -0.39 is 23.5 Å². The lowest BCUT2D eigenvalue weighted by molar-refractivity contribution is -0.0981. The minimum atomic E-state index is -1.11. The van der Waals surface area contributed by atoms with E-state index in [-0.39, 0.29) is 6.54 Å². The molecule has 0 saturated carbocycles. The minimum absolute atomic E-state index is 0.0783. The number of hydrogen-bond donors (Lipinski definition) is 0. The van der Waals surface area contributed by atoms with Crippen LogP contribution in [0.3, 0.4) is 0 Å². The SMILES string of the molecule is CC(C)(C)OC(=O)N1CCC2(CCCO2)C(F)C1. The van der Waals surface area contributed by atoms with E-state index in [1.165, 1.54) is 4.90 Å². The van der Waals surface area contributed by atoms with Crippen molar-refractivity contribution in [3.05, 3.63) is 0 Å². The Morgan fingerprint density at radius 1 is 1.44 bits per heavy atom. The van der Waals surface area contributed by atoms with E-state index in [4.69, 9.17) is 9.47 Å². The fraction of sp³-hybridized carbons (Fsp3) is 0.923. The van der Waals surface area contributed by atoms with Gasteiger partial charge in [-0.2, -0.15) is 0 Å². The predicted octanol–water partition coefficient (Wildman–Crippen LogP) is 2.51. The van der Waals surface area contributed by atoms with Crippen molar-refractivity contribution in [2.75, 3.05) is 19.7 Å². The maximum Gasteiger partial charge on any atom is 0.410 e. The van der Waals surface area contributed by atoms with Gasteiger partial charge in [0.2, 0.25) is 0 Å². The Morgan fingerprint density at radius 2 is 2.17 bits per heavy atom. The number of nitrogens with zero attached hydrogens (tertiary/aromatic N) is 1. The van der Waals surface area contributed by atoms with E-state index in [2.05, 4.69) is 0 Å². The zero-order chi connectivity index (χ0) is 13.4. The number of carbonyl (C=O) groups is 1. The topological polar surface area (TPSA) is 38.8 Å². The molecule has 1 amide bonds. The van der Waals surface area contributed by atoms with Crippen LogP contribution in [0.15, 0.2) is 0 Å². The molecule has 18 heavy (non-hydrogen) atoms. The van der Waals surface area contributed by atoms with E-state index in [1.54, 1.807) is 0 Å². The lowest BCUT2D eigenvalue weighted by atomic mass is 9.87. The van der Waals surface area contributed by atoms with Gasteiger partial charge in [-0.1, -0.05) is 0 Å². The van der Waals surface area contributed by atoms with E-state index in [9.17, 15) is 9.18 Å². The lowest BCUT2D eigenvalue weighted by Gasteiger charge is -2.41. The maximum absolute atomic E-state index is 14.2. The normalized spacial score (nSPS) is 32.9. The second kappa shape index (κ2) is 4.68. The van der Waals surface area contributed by atoms with Crippen molar-refractivity contribution in [1.29, 1.82) is 0 Å². The van der Waals surface area contributed by atoms with Crippen LogP contribution in [0.4, 0.5) is 9.18 Å². The van der Waals surface area contributed by atoms with Crippen LogP contribution in [0.25, 0.3) is 0 Å². The number of alkyl halides is 1. The molecule has 1 spiro atoms. The molecule has 0 aromatic carbocycles. The number of carbonyl (C=O) groups excluding carboxylic acids is 1.